The fourth-order valence-corrected chi connectivity index (χ4v) is 3.94. The number of anilines is 1. The maximum absolute atomic E-state index is 12.5. The Morgan fingerprint density at radius 2 is 2.00 bits per heavy atom. The van der Waals surface area contributed by atoms with Crippen molar-refractivity contribution in [3.05, 3.63) is 65.5 Å². The number of fused-ring (bicyclic) bond motifs is 1. The van der Waals surface area contributed by atoms with Gasteiger partial charge in [-0.2, -0.15) is 16.7 Å². The Labute approximate surface area is 162 Å². The summed E-state index contributed by atoms with van der Waals surface area (Å²) in [6, 6.07) is 16.2. The molecule has 0 atom stereocenters. The number of aryl methyl sites for hydroxylation is 1. The van der Waals surface area contributed by atoms with E-state index < -0.39 is 0 Å². The van der Waals surface area contributed by atoms with Crippen molar-refractivity contribution in [2.75, 3.05) is 17.2 Å². The van der Waals surface area contributed by atoms with Crippen LogP contribution in [0.2, 0.25) is 0 Å². The fraction of sp³-hybridized carbons (Fsp3) is 0.286. The normalized spacial score (nSPS) is 13.0. The minimum Gasteiger partial charge on any atom is -0.338 e. The van der Waals surface area contributed by atoms with Crippen LogP contribution in [0.25, 0.3) is 11.4 Å². The quantitative estimate of drug-likeness (QED) is 0.599. The molecule has 0 radical (unpaired) electrons. The highest BCUT2D eigenvalue weighted by atomic mass is 32.2. The maximum Gasteiger partial charge on any atom is 0.236 e. The molecule has 0 unspecified atom stereocenters. The predicted octanol–water partition coefficient (Wildman–Crippen LogP) is 4.26. The number of rotatable bonds is 6. The smallest absolute Gasteiger partial charge is 0.236 e. The summed E-state index contributed by atoms with van der Waals surface area (Å²) in [7, 11) is 0. The van der Waals surface area contributed by atoms with Gasteiger partial charge in [0.05, 0.1) is 5.75 Å². The second-order valence-electron chi connectivity index (χ2n) is 6.60. The first-order valence-corrected chi connectivity index (χ1v) is 10.2. The number of carbonyl (C=O) groups is 1. The number of hydrogen-bond acceptors (Lipinski definition) is 5. The van der Waals surface area contributed by atoms with E-state index in [-0.39, 0.29) is 5.91 Å². The van der Waals surface area contributed by atoms with E-state index in [2.05, 4.69) is 16.2 Å². The van der Waals surface area contributed by atoms with Gasteiger partial charge >= 0.3 is 0 Å². The van der Waals surface area contributed by atoms with Gasteiger partial charge in [-0.3, -0.25) is 4.79 Å². The van der Waals surface area contributed by atoms with Crippen LogP contribution in [0.5, 0.6) is 0 Å². The van der Waals surface area contributed by atoms with Gasteiger partial charge in [0.2, 0.25) is 17.6 Å². The van der Waals surface area contributed by atoms with Gasteiger partial charge in [0.1, 0.15) is 0 Å². The zero-order valence-electron chi connectivity index (χ0n) is 15.2. The molecule has 0 bridgehead atoms. The van der Waals surface area contributed by atoms with Crippen LogP contribution in [-0.4, -0.2) is 28.3 Å². The Balaban J connectivity index is 1.26. The van der Waals surface area contributed by atoms with Crippen LogP contribution in [0.3, 0.4) is 0 Å². The molecular formula is C21H21N3O2S. The molecule has 138 valence electrons. The molecule has 4 rings (SSSR count). The van der Waals surface area contributed by atoms with Crippen LogP contribution in [-0.2, 0) is 17.0 Å². The van der Waals surface area contributed by atoms with E-state index in [0.717, 1.165) is 30.0 Å². The van der Waals surface area contributed by atoms with Crippen molar-refractivity contribution in [1.82, 2.24) is 10.1 Å². The summed E-state index contributed by atoms with van der Waals surface area (Å²) in [5, 5.41) is 4.04. The summed E-state index contributed by atoms with van der Waals surface area (Å²) in [6.07, 6.45) is 1.46. The highest BCUT2D eigenvalue weighted by Crippen LogP contribution is 2.28. The fourth-order valence-electron chi connectivity index (χ4n) is 3.18. The van der Waals surface area contributed by atoms with E-state index in [9.17, 15) is 4.79 Å². The summed E-state index contributed by atoms with van der Waals surface area (Å²) in [5.74, 6) is 2.73. The van der Waals surface area contributed by atoms with E-state index in [1.54, 1.807) is 11.8 Å². The second kappa shape index (κ2) is 7.96. The van der Waals surface area contributed by atoms with Gasteiger partial charge < -0.3 is 9.42 Å². The number of carbonyl (C=O) groups excluding carboxylic acids is 1. The first-order chi connectivity index (χ1) is 13.2. The molecule has 2 aromatic carbocycles. The lowest BCUT2D eigenvalue weighted by molar-refractivity contribution is -0.118. The molecule has 0 aliphatic carbocycles. The lowest BCUT2D eigenvalue weighted by atomic mass is 10.1. The third kappa shape index (κ3) is 4.06. The third-order valence-electron chi connectivity index (χ3n) is 4.65. The van der Waals surface area contributed by atoms with Crippen molar-refractivity contribution in [2.45, 2.75) is 25.5 Å². The first-order valence-electron chi connectivity index (χ1n) is 9.06. The van der Waals surface area contributed by atoms with Crippen LogP contribution in [0, 0.1) is 6.92 Å². The second-order valence-corrected chi connectivity index (χ2v) is 7.71. The van der Waals surface area contributed by atoms with Crippen LogP contribution in [0.15, 0.2) is 53.1 Å². The SMILES string of the molecule is Cc1ccc(-c2noc(CSCCC(=O)N3CCc4ccccc43)n2)cc1. The number of hydrogen-bond donors (Lipinski definition) is 0. The Morgan fingerprint density at radius 3 is 2.85 bits per heavy atom. The molecule has 1 aliphatic heterocycles. The van der Waals surface area contributed by atoms with E-state index in [4.69, 9.17) is 4.52 Å². The molecular weight excluding hydrogens is 358 g/mol. The van der Waals surface area contributed by atoms with Crippen LogP contribution in [0.1, 0.15) is 23.4 Å². The van der Waals surface area contributed by atoms with Crippen molar-refractivity contribution in [1.29, 1.82) is 0 Å². The van der Waals surface area contributed by atoms with Gasteiger partial charge in [-0.25, -0.2) is 0 Å². The van der Waals surface area contributed by atoms with Crippen LogP contribution >= 0.6 is 11.8 Å². The predicted molar refractivity (Wildman–Crippen MR) is 108 cm³/mol. The van der Waals surface area contributed by atoms with Gasteiger partial charge in [0.25, 0.3) is 0 Å². The molecule has 1 amide bonds. The monoisotopic (exact) mass is 379 g/mol. The lowest BCUT2D eigenvalue weighted by Crippen LogP contribution is -2.29. The van der Waals surface area contributed by atoms with Gasteiger partial charge in [-0.1, -0.05) is 53.2 Å². The Kier molecular flexibility index (Phi) is 5.25. The summed E-state index contributed by atoms with van der Waals surface area (Å²) in [6.45, 7) is 2.83. The highest BCUT2D eigenvalue weighted by Gasteiger charge is 2.23. The standard InChI is InChI=1S/C21H21N3O2S/c1-15-6-8-17(9-7-15)21-22-19(26-23-21)14-27-13-11-20(25)24-12-10-16-4-2-3-5-18(16)24/h2-9H,10-14H2,1H3. The molecule has 0 N–H and O–H groups in total. The van der Waals surface area contributed by atoms with Crippen LogP contribution < -0.4 is 4.90 Å². The molecule has 0 saturated carbocycles. The molecule has 0 saturated heterocycles. The van der Waals surface area contributed by atoms with E-state index in [1.165, 1.54) is 11.1 Å². The number of para-hydroxylation sites is 1. The zero-order valence-corrected chi connectivity index (χ0v) is 16.0. The summed E-state index contributed by atoms with van der Waals surface area (Å²) in [4.78, 5) is 18.8. The summed E-state index contributed by atoms with van der Waals surface area (Å²) < 4.78 is 5.33. The molecule has 6 heteroatoms. The van der Waals surface area contributed by atoms with Gasteiger partial charge in [-0.05, 0) is 25.0 Å². The van der Waals surface area contributed by atoms with E-state index >= 15 is 0 Å². The first kappa shape index (κ1) is 17.8. The largest absolute Gasteiger partial charge is 0.338 e. The number of nitrogens with zero attached hydrogens (tertiary/aromatic N) is 3. The molecule has 1 aromatic heterocycles. The van der Waals surface area contributed by atoms with Crippen molar-refractivity contribution < 1.29 is 9.32 Å². The third-order valence-corrected chi connectivity index (χ3v) is 5.60. The average molecular weight is 379 g/mol. The van der Waals surface area contributed by atoms with Crippen molar-refractivity contribution in [3.8, 4) is 11.4 Å². The topological polar surface area (TPSA) is 59.2 Å². The number of amides is 1. The van der Waals surface area contributed by atoms with Crippen molar-refractivity contribution in [2.24, 2.45) is 0 Å². The molecule has 27 heavy (non-hydrogen) atoms. The average Bonchev–Trinajstić information content (AvgIpc) is 3.33. The minimum absolute atomic E-state index is 0.179. The maximum atomic E-state index is 12.5. The Morgan fingerprint density at radius 1 is 1.19 bits per heavy atom. The zero-order chi connectivity index (χ0) is 18.6. The summed E-state index contributed by atoms with van der Waals surface area (Å²) in [5.41, 5.74) is 4.46. The number of benzene rings is 2. The Bertz CT molecular complexity index is 937. The molecule has 5 nitrogen and oxygen atoms in total. The van der Waals surface area contributed by atoms with E-state index in [0.29, 0.717) is 23.9 Å². The molecule has 0 fully saturated rings. The van der Waals surface area contributed by atoms with Crippen molar-refractivity contribution >= 4 is 23.4 Å². The van der Waals surface area contributed by atoms with Gasteiger partial charge in [-0.15, -0.1) is 0 Å². The van der Waals surface area contributed by atoms with Gasteiger partial charge in [0, 0.05) is 30.0 Å². The number of aromatic nitrogens is 2. The molecule has 2 heterocycles. The van der Waals surface area contributed by atoms with Gasteiger partial charge in [0.15, 0.2) is 0 Å². The minimum atomic E-state index is 0.179. The summed E-state index contributed by atoms with van der Waals surface area (Å²) >= 11 is 1.64. The Hall–Kier alpha value is -2.60. The highest BCUT2D eigenvalue weighted by molar-refractivity contribution is 7.98. The van der Waals surface area contributed by atoms with Crippen LogP contribution in [0.4, 0.5) is 5.69 Å². The molecule has 0 spiro atoms. The van der Waals surface area contributed by atoms with E-state index in [1.807, 2.05) is 54.3 Å². The molecule has 3 aromatic rings. The number of thioether (sulfide) groups is 1. The lowest BCUT2D eigenvalue weighted by Gasteiger charge is -2.16. The van der Waals surface area contributed by atoms with Crippen molar-refractivity contribution in [3.63, 3.8) is 0 Å². The molecule has 1 aliphatic rings.